The van der Waals surface area contributed by atoms with E-state index in [2.05, 4.69) is 20.8 Å². The van der Waals surface area contributed by atoms with Gasteiger partial charge in [-0.2, -0.15) is 0 Å². The minimum Gasteiger partial charge on any atom is -0.207 e. The molecule has 0 aliphatic heterocycles. The number of hydrogen-bond donors (Lipinski definition) is 0. The first-order chi connectivity index (χ1) is 5.21. The van der Waals surface area contributed by atoms with Gasteiger partial charge in [0.2, 0.25) is 5.92 Å². The van der Waals surface area contributed by atoms with Crippen LogP contribution in [0.1, 0.15) is 40.5 Å². The van der Waals surface area contributed by atoms with Gasteiger partial charge in [0, 0.05) is 5.92 Å². The Kier molecular flexibility index (Phi) is 2.22. The Morgan fingerprint density at radius 2 is 1.33 bits per heavy atom. The molecule has 2 heteroatoms. The summed E-state index contributed by atoms with van der Waals surface area (Å²) in [5, 5.41) is 0. The highest BCUT2D eigenvalue weighted by Crippen LogP contribution is 2.50. The molecular weight excluding hydrogens is 158 g/mol. The summed E-state index contributed by atoms with van der Waals surface area (Å²) in [7, 11) is 0. The molecule has 0 amide bonds. The highest BCUT2D eigenvalue weighted by Gasteiger charge is 2.47. The Balaban J connectivity index is 2.39. The summed E-state index contributed by atoms with van der Waals surface area (Å²) < 4.78 is 25.5. The molecule has 72 valence electrons. The number of rotatable bonds is 1. The van der Waals surface area contributed by atoms with Crippen molar-refractivity contribution in [3.8, 4) is 0 Å². The van der Waals surface area contributed by atoms with Crippen molar-refractivity contribution in [3.63, 3.8) is 0 Å². The van der Waals surface area contributed by atoms with Crippen molar-refractivity contribution in [2.24, 2.45) is 17.3 Å². The van der Waals surface area contributed by atoms with E-state index < -0.39 is 5.92 Å². The average Bonchev–Trinajstić information content (AvgIpc) is 1.46. The molecule has 12 heavy (non-hydrogen) atoms. The van der Waals surface area contributed by atoms with Crippen LogP contribution < -0.4 is 0 Å². The first kappa shape index (κ1) is 9.94. The molecule has 0 N–H and O–H groups in total. The molecule has 0 unspecified atom stereocenters. The van der Waals surface area contributed by atoms with Gasteiger partial charge in [0.1, 0.15) is 0 Å². The van der Waals surface area contributed by atoms with Gasteiger partial charge in [0.15, 0.2) is 0 Å². The maximum Gasteiger partial charge on any atom is 0.248 e. The van der Waals surface area contributed by atoms with Gasteiger partial charge in [-0.3, -0.25) is 0 Å². The second-order valence-electron chi connectivity index (χ2n) is 5.19. The van der Waals surface area contributed by atoms with Crippen LogP contribution in [0.5, 0.6) is 0 Å². The SMILES string of the molecule is CC(C)(C)C1CC(C(C)(F)F)C1. The first-order valence-electron chi connectivity index (χ1n) is 4.59. The predicted molar refractivity (Wildman–Crippen MR) is 46.3 cm³/mol. The Bertz CT molecular complexity index is 138. The van der Waals surface area contributed by atoms with E-state index in [1.807, 2.05) is 0 Å². The summed E-state index contributed by atoms with van der Waals surface area (Å²) in [5.41, 5.74) is 0.210. The molecule has 0 aromatic heterocycles. The molecule has 0 nitrogen and oxygen atoms in total. The molecule has 0 aromatic carbocycles. The molecule has 0 aromatic rings. The van der Waals surface area contributed by atoms with E-state index in [4.69, 9.17) is 0 Å². The highest BCUT2D eigenvalue weighted by atomic mass is 19.3. The van der Waals surface area contributed by atoms with Gasteiger partial charge in [-0.05, 0) is 31.1 Å². The molecule has 1 fully saturated rings. The van der Waals surface area contributed by atoms with E-state index in [1.165, 1.54) is 0 Å². The van der Waals surface area contributed by atoms with E-state index in [1.54, 1.807) is 0 Å². The van der Waals surface area contributed by atoms with E-state index in [9.17, 15) is 8.78 Å². The molecule has 1 saturated carbocycles. The zero-order valence-electron chi connectivity index (χ0n) is 8.32. The van der Waals surface area contributed by atoms with Gasteiger partial charge >= 0.3 is 0 Å². The van der Waals surface area contributed by atoms with Crippen molar-refractivity contribution in [1.29, 1.82) is 0 Å². The van der Waals surface area contributed by atoms with Gasteiger partial charge in [-0.25, -0.2) is 8.78 Å². The van der Waals surface area contributed by atoms with Gasteiger partial charge in [-0.1, -0.05) is 20.8 Å². The van der Waals surface area contributed by atoms with Crippen LogP contribution in [-0.4, -0.2) is 5.92 Å². The molecule has 0 atom stereocenters. The van der Waals surface area contributed by atoms with Crippen molar-refractivity contribution in [2.75, 3.05) is 0 Å². The van der Waals surface area contributed by atoms with Crippen molar-refractivity contribution >= 4 is 0 Å². The summed E-state index contributed by atoms with van der Waals surface area (Å²) in [6.07, 6.45) is 1.40. The van der Waals surface area contributed by atoms with Crippen LogP contribution in [0.3, 0.4) is 0 Å². The topological polar surface area (TPSA) is 0 Å². The molecule has 0 bridgehead atoms. The smallest absolute Gasteiger partial charge is 0.207 e. The largest absolute Gasteiger partial charge is 0.248 e. The minimum atomic E-state index is -2.46. The lowest BCUT2D eigenvalue weighted by atomic mass is 9.61. The first-order valence-corrected chi connectivity index (χ1v) is 4.59. The highest BCUT2D eigenvalue weighted by molar-refractivity contribution is 4.91. The van der Waals surface area contributed by atoms with Crippen LogP contribution in [-0.2, 0) is 0 Å². The lowest BCUT2D eigenvalue weighted by Crippen LogP contribution is -2.41. The molecule has 1 aliphatic rings. The summed E-state index contributed by atoms with van der Waals surface area (Å²) in [4.78, 5) is 0. The summed E-state index contributed by atoms with van der Waals surface area (Å²) in [6.45, 7) is 7.42. The fraction of sp³-hybridized carbons (Fsp3) is 1.00. The monoisotopic (exact) mass is 176 g/mol. The van der Waals surface area contributed by atoms with Crippen LogP contribution in [0.2, 0.25) is 0 Å². The summed E-state index contributed by atoms with van der Waals surface area (Å²) in [5.74, 6) is -2.32. The Morgan fingerprint density at radius 3 is 1.58 bits per heavy atom. The third-order valence-electron chi connectivity index (χ3n) is 3.08. The van der Waals surface area contributed by atoms with Crippen LogP contribution in [0.15, 0.2) is 0 Å². The molecule has 0 heterocycles. The standard InChI is InChI=1S/C10H18F2/c1-9(2,3)7-5-8(6-7)10(4,11)12/h7-8H,5-6H2,1-4H3. The lowest BCUT2D eigenvalue weighted by Gasteiger charge is -2.45. The fourth-order valence-corrected chi connectivity index (χ4v) is 1.74. The average molecular weight is 176 g/mol. The zero-order chi connectivity index (χ0) is 9.57. The molecule has 0 saturated heterocycles. The molecule has 1 aliphatic carbocycles. The molecular formula is C10H18F2. The number of halogens is 2. The van der Waals surface area contributed by atoms with Gasteiger partial charge < -0.3 is 0 Å². The zero-order valence-corrected chi connectivity index (χ0v) is 8.32. The Hall–Kier alpha value is -0.140. The Morgan fingerprint density at radius 1 is 0.917 bits per heavy atom. The quantitative estimate of drug-likeness (QED) is 0.571. The summed E-state index contributed by atoms with van der Waals surface area (Å²) >= 11 is 0. The van der Waals surface area contributed by atoms with E-state index >= 15 is 0 Å². The second-order valence-corrected chi connectivity index (χ2v) is 5.19. The van der Waals surface area contributed by atoms with Crippen molar-refractivity contribution in [2.45, 2.75) is 46.5 Å². The fourth-order valence-electron chi connectivity index (χ4n) is 1.74. The van der Waals surface area contributed by atoms with Gasteiger partial charge in [-0.15, -0.1) is 0 Å². The maximum atomic E-state index is 12.7. The van der Waals surface area contributed by atoms with Crippen molar-refractivity contribution in [3.05, 3.63) is 0 Å². The lowest BCUT2D eigenvalue weighted by molar-refractivity contribution is -0.108. The van der Waals surface area contributed by atoms with Gasteiger partial charge in [0.05, 0.1) is 0 Å². The van der Waals surface area contributed by atoms with Crippen molar-refractivity contribution < 1.29 is 8.78 Å². The van der Waals surface area contributed by atoms with Crippen LogP contribution in [0.25, 0.3) is 0 Å². The molecule has 0 radical (unpaired) electrons. The van der Waals surface area contributed by atoms with E-state index in [0.29, 0.717) is 18.8 Å². The summed E-state index contributed by atoms with van der Waals surface area (Å²) in [6, 6.07) is 0. The van der Waals surface area contributed by atoms with E-state index in [-0.39, 0.29) is 11.3 Å². The molecule has 1 rings (SSSR count). The minimum absolute atomic E-state index is 0.210. The van der Waals surface area contributed by atoms with Crippen LogP contribution in [0, 0.1) is 17.3 Å². The van der Waals surface area contributed by atoms with Crippen LogP contribution in [0.4, 0.5) is 8.78 Å². The third-order valence-corrected chi connectivity index (χ3v) is 3.08. The van der Waals surface area contributed by atoms with Crippen LogP contribution >= 0.6 is 0 Å². The second kappa shape index (κ2) is 2.68. The number of hydrogen-bond acceptors (Lipinski definition) is 0. The normalized spacial score (nSPS) is 31.5. The Labute approximate surface area is 73.3 Å². The number of alkyl halides is 2. The third kappa shape index (κ3) is 1.96. The van der Waals surface area contributed by atoms with Gasteiger partial charge in [0.25, 0.3) is 0 Å². The van der Waals surface area contributed by atoms with Crippen molar-refractivity contribution in [1.82, 2.24) is 0 Å². The maximum absolute atomic E-state index is 12.7. The van der Waals surface area contributed by atoms with E-state index in [0.717, 1.165) is 6.92 Å². The predicted octanol–water partition coefficient (Wildman–Crippen LogP) is 3.71. The molecule has 0 spiro atoms.